The third-order valence-corrected chi connectivity index (χ3v) is 1.97. The number of carbonyl (C=O) groups is 1. The van der Waals surface area contributed by atoms with E-state index in [1.54, 1.807) is 13.8 Å². The Morgan fingerprint density at radius 1 is 1.47 bits per heavy atom. The minimum atomic E-state index is -0.618. The van der Waals surface area contributed by atoms with Crippen LogP contribution in [0.3, 0.4) is 0 Å². The summed E-state index contributed by atoms with van der Waals surface area (Å²) in [5, 5.41) is 2.67. The SMILES string of the molecule is COc1ncc(NC(=O)C(C)(C)Br)cn1. The van der Waals surface area contributed by atoms with Crippen LogP contribution < -0.4 is 10.1 Å². The van der Waals surface area contributed by atoms with Crippen molar-refractivity contribution in [3.05, 3.63) is 12.4 Å². The highest BCUT2D eigenvalue weighted by Gasteiger charge is 2.23. The molecule has 1 rings (SSSR count). The molecule has 0 aliphatic heterocycles. The zero-order valence-corrected chi connectivity index (χ0v) is 10.3. The van der Waals surface area contributed by atoms with Gasteiger partial charge in [0.05, 0.1) is 29.5 Å². The molecule has 0 spiro atoms. The van der Waals surface area contributed by atoms with Crippen LogP contribution in [0.25, 0.3) is 0 Å². The standard InChI is InChI=1S/C9H12BrN3O2/c1-9(2,10)7(14)13-6-4-11-8(15-3)12-5-6/h4-5H,1-3H3,(H,13,14). The van der Waals surface area contributed by atoms with E-state index in [9.17, 15) is 4.79 Å². The van der Waals surface area contributed by atoms with Gasteiger partial charge < -0.3 is 10.1 Å². The molecule has 6 heteroatoms. The highest BCUT2D eigenvalue weighted by atomic mass is 79.9. The second kappa shape index (κ2) is 4.57. The van der Waals surface area contributed by atoms with Crippen LogP contribution in [0.2, 0.25) is 0 Å². The summed E-state index contributed by atoms with van der Waals surface area (Å²) in [4.78, 5) is 19.3. The largest absolute Gasteiger partial charge is 0.467 e. The predicted octanol–water partition coefficient (Wildman–Crippen LogP) is 1.60. The van der Waals surface area contributed by atoms with E-state index in [0.717, 1.165) is 0 Å². The van der Waals surface area contributed by atoms with Gasteiger partial charge in [0, 0.05) is 0 Å². The Balaban J connectivity index is 2.70. The lowest BCUT2D eigenvalue weighted by molar-refractivity contribution is -0.117. The number of methoxy groups -OCH3 is 1. The molecule has 1 N–H and O–H groups in total. The molecular formula is C9H12BrN3O2. The van der Waals surface area contributed by atoms with E-state index in [4.69, 9.17) is 4.74 Å². The van der Waals surface area contributed by atoms with E-state index in [1.807, 2.05) is 0 Å². The van der Waals surface area contributed by atoms with Gasteiger partial charge in [-0.05, 0) is 13.8 Å². The first-order valence-corrected chi connectivity index (χ1v) is 5.09. The second-order valence-corrected chi connectivity index (χ2v) is 5.37. The lowest BCUT2D eigenvalue weighted by Crippen LogP contribution is -2.31. The van der Waals surface area contributed by atoms with Gasteiger partial charge in [-0.2, -0.15) is 0 Å². The Morgan fingerprint density at radius 2 is 2.00 bits per heavy atom. The molecule has 1 aromatic rings. The van der Waals surface area contributed by atoms with Crippen LogP contribution >= 0.6 is 15.9 Å². The first-order valence-electron chi connectivity index (χ1n) is 4.30. The number of alkyl halides is 1. The van der Waals surface area contributed by atoms with E-state index < -0.39 is 4.32 Å². The molecule has 0 aliphatic carbocycles. The van der Waals surface area contributed by atoms with E-state index in [-0.39, 0.29) is 11.9 Å². The Kier molecular flexibility index (Phi) is 3.62. The molecule has 15 heavy (non-hydrogen) atoms. The fraction of sp³-hybridized carbons (Fsp3) is 0.444. The van der Waals surface area contributed by atoms with Crippen molar-refractivity contribution in [2.24, 2.45) is 0 Å². The predicted molar refractivity (Wildman–Crippen MR) is 60.2 cm³/mol. The molecule has 0 aliphatic rings. The van der Waals surface area contributed by atoms with Gasteiger partial charge >= 0.3 is 6.01 Å². The summed E-state index contributed by atoms with van der Waals surface area (Å²) in [7, 11) is 1.48. The number of nitrogens with one attached hydrogen (secondary N) is 1. The molecule has 0 saturated heterocycles. The van der Waals surface area contributed by atoms with Crippen molar-refractivity contribution in [3.8, 4) is 6.01 Å². The van der Waals surface area contributed by atoms with Gasteiger partial charge in [-0.1, -0.05) is 15.9 Å². The topological polar surface area (TPSA) is 64.1 Å². The van der Waals surface area contributed by atoms with Crippen molar-refractivity contribution in [2.45, 2.75) is 18.2 Å². The van der Waals surface area contributed by atoms with E-state index >= 15 is 0 Å². The van der Waals surface area contributed by atoms with E-state index in [1.165, 1.54) is 19.5 Å². The lowest BCUT2D eigenvalue weighted by Gasteiger charge is -2.15. The Morgan fingerprint density at radius 3 is 2.40 bits per heavy atom. The smallest absolute Gasteiger partial charge is 0.316 e. The maximum Gasteiger partial charge on any atom is 0.316 e. The fourth-order valence-corrected chi connectivity index (χ4v) is 0.865. The molecule has 0 radical (unpaired) electrons. The molecule has 0 aromatic carbocycles. The minimum absolute atomic E-state index is 0.156. The normalized spacial score (nSPS) is 10.9. The molecule has 5 nitrogen and oxygen atoms in total. The summed E-state index contributed by atoms with van der Waals surface area (Å²) in [6.07, 6.45) is 2.98. The van der Waals surface area contributed by atoms with Gasteiger partial charge in [-0.15, -0.1) is 0 Å². The Hall–Kier alpha value is -1.17. The number of anilines is 1. The van der Waals surface area contributed by atoms with Crippen molar-refractivity contribution < 1.29 is 9.53 Å². The second-order valence-electron chi connectivity index (χ2n) is 3.39. The van der Waals surface area contributed by atoms with Crippen LogP contribution in [0, 0.1) is 0 Å². The molecule has 0 saturated carbocycles. The molecule has 1 aromatic heterocycles. The maximum atomic E-state index is 11.5. The Labute approximate surface area is 96.4 Å². The van der Waals surface area contributed by atoms with Crippen molar-refractivity contribution in [3.63, 3.8) is 0 Å². The van der Waals surface area contributed by atoms with Crippen molar-refractivity contribution in [2.75, 3.05) is 12.4 Å². The maximum absolute atomic E-state index is 11.5. The van der Waals surface area contributed by atoms with Gasteiger partial charge in [-0.25, -0.2) is 9.97 Å². The van der Waals surface area contributed by atoms with Crippen LogP contribution in [0.4, 0.5) is 5.69 Å². The number of amides is 1. The van der Waals surface area contributed by atoms with Crippen molar-refractivity contribution in [1.29, 1.82) is 0 Å². The zero-order chi connectivity index (χ0) is 11.5. The van der Waals surface area contributed by atoms with E-state index in [0.29, 0.717) is 5.69 Å². The quantitative estimate of drug-likeness (QED) is 0.850. The fourth-order valence-electron chi connectivity index (χ4n) is 0.766. The average Bonchev–Trinajstić information content (AvgIpc) is 2.17. The monoisotopic (exact) mass is 273 g/mol. The van der Waals surface area contributed by atoms with Gasteiger partial charge in [0.1, 0.15) is 0 Å². The van der Waals surface area contributed by atoms with Crippen molar-refractivity contribution in [1.82, 2.24) is 9.97 Å². The number of hydrogen-bond acceptors (Lipinski definition) is 4. The summed E-state index contributed by atoms with van der Waals surface area (Å²) in [5.74, 6) is -0.156. The molecular weight excluding hydrogens is 262 g/mol. The first-order chi connectivity index (χ1) is 6.93. The molecule has 0 atom stereocenters. The zero-order valence-electron chi connectivity index (χ0n) is 8.74. The molecule has 0 unspecified atom stereocenters. The average molecular weight is 274 g/mol. The van der Waals surface area contributed by atoms with Gasteiger partial charge in [0.2, 0.25) is 5.91 Å². The summed E-state index contributed by atoms with van der Waals surface area (Å²) < 4.78 is 4.18. The van der Waals surface area contributed by atoms with Crippen LogP contribution in [-0.2, 0) is 4.79 Å². The van der Waals surface area contributed by atoms with Crippen LogP contribution in [0.5, 0.6) is 6.01 Å². The molecule has 0 bridgehead atoms. The minimum Gasteiger partial charge on any atom is -0.467 e. The number of rotatable bonds is 3. The summed E-state index contributed by atoms with van der Waals surface area (Å²) in [6.45, 7) is 3.51. The number of nitrogens with zero attached hydrogens (tertiary/aromatic N) is 2. The molecule has 82 valence electrons. The molecule has 0 fully saturated rings. The number of halogens is 1. The first kappa shape index (κ1) is 11.9. The van der Waals surface area contributed by atoms with E-state index in [2.05, 4.69) is 31.2 Å². The number of aromatic nitrogens is 2. The highest BCUT2D eigenvalue weighted by Crippen LogP contribution is 2.18. The van der Waals surface area contributed by atoms with Gasteiger partial charge in [-0.3, -0.25) is 4.79 Å². The summed E-state index contributed by atoms with van der Waals surface area (Å²) in [5.41, 5.74) is 0.535. The lowest BCUT2D eigenvalue weighted by atomic mass is 10.2. The number of carbonyl (C=O) groups excluding carboxylic acids is 1. The van der Waals surface area contributed by atoms with Crippen LogP contribution in [-0.4, -0.2) is 27.3 Å². The van der Waals surface area contributed by atoms with Gasteiger partial charge in [0.15, 0.2) is 0 Å². The third kappa shape index (κ3) is 3.47. The van der Waals surface area contributed by atoms with Gasteiger partial charge in [0.25, 0.3) is 0 Å². The number of ether oxygens (including phenoxy) is 1. The Bertz CT molecular complexity index is 345. The number of hydrogen-bond donors (Lipinski definition) is 1. The third-order valence-electron chi connectivity index (χ3n) is 1.61. The summed E-state index contributed by atoms with van der Waals surface area (Å²) >= 11 is 3.25. The van der Waals surface area contributed by atoms with Crippen LogP contribution in [0.15, 0.2) is 12.4 Å². The van der Waals surface area contributed by atoms with Crippen molar-refractivity contribution >= 4 is 27.5 Å². The highest BCUT2D eigenvalue weighted by molar-refractivity contribution is 9.10. The summed E-state index contributed by atoms with van der Waals surface area (Å²) in [6, 6.07) is 0.270. The molecule has 1 heterocycles. The van der Waals surface area contributed by atoms with Crippen LogP contribution in [0.1, 0.15) is 13.8 Å². The molecule has 1 amide bonds.